The summed E-state index contributed by atoms with van der Waals surface area (Å²) in [6.07, 6.45) is -4.39. The Morgan fingerprint density at radius 2 is 1.94 bits per heavy atom. The number of aromatic nitrogens is 2. The van der Waals surface area contributed by atoms with E-state index in [1.165, 1.54) is 12.1 Å². The van der Waals surface area contributed by atoms with Crippen LogP contribution >= 0.6 is 0 Å². The maximum Gasteiger partial charge on any atom is 0.422 e. The van der Waals surface area contributed by atoms with Gasteiger partial charge in [-0.05, 0) is 55.1 Å². The average Bonchev–Trinajstić information content (AvgIpc) is 3.37. The number of carbonyl (C=O) groups excluding carboxylic acids is 1. The summed E-state index contributed by atoms with van der Waals surface area (Å²) in [4.78, 5) is 21.0. The van der Waals surface area contributed by atoms with Crippen LogP contribution in [0.5, 0.6) is 5.75 Å². The Labute approximate surface area is 188 Å². The zero-order valence-electron chi connectivity index (χ0n) is 18.2. The van der Waals surface area contributed by atoms with Gasteiger partial charge in [0.25, 0.3) is 11.8 Å². The van der Waals surface area contributed by atoms with Crippen LogP contribution in [0.25, 0.3) is 11.5 Å². The van der Waals surface area contributed by atoms with Gasteiger partial charge in [-0.25, -0.2) is 0 Å². The normalized spacial score (nSPS) is 13.6. The second kappa shape index (κ2) is 9.22. The minimum absolute atomic E-state index is 0.107. The highest BCUT2D eigenvalue weighted by Crippen LogP contribution is 2.29. The van der Waals surface area contributed by atoms with Crippen LogP contribution in [-0.4, -0.2) is 52.2 Å². The predicted octanol–water partition coefficient (Wildman–Crippen LogP) is 4.29. The first-order valence-electron chi connectivity index (χ1n) is 10.4. The number of amides is 1. The largest absolute Gasteiger partial charge is 0.484 e. The molecule has 0 aliphatic carbocycles. The zero-order valence-corrected chi connectivity index (χ0v) is 18.2. The maximum absolute atomic E-state index is 12.8. The number of rotatable bonds is 8. The van der Waals surface area contributed by atoms with E-state index in [0.717, 1.165) is 23.2 Å². The van der Waals surface area contributed by atoms with Gasteiger partial charge in [-0.15, -0.1) is 0 Å². The molecule has 0 fully saturated rings. The van der Waals surface area contributed by atoms with Crippen molar-refractivity contribution in [1.82, 2.24) is 19.9 Å². The van der Waals surface area contributed by atoms with E-state index in [9.17, 15) is 18.0 Å². The van der Waals surface area contributed by atoms with Gasteiger partial charge in [0.2, 0.25) is 0 Å². The molecule has 1 amide bonds. The third kappa shape index (κ3) is 5.51. The van der Waals surface area contributed by atoms with E-state index in [2.05, 4.69) is 15.0 Å². The number of carbonyl (C=O) groups is 1. The lowest BCUT2D eigenvalue weighted by Gasteiger charge is -2.16. The van der Waals surface area contributed by atoms with Gasteiger partial charge in [-0.2, -0.15) is 18.2 Å². The molecule has 0 unspecified atom stereocenters. The summed E-state index contributed by atoms with van der Waals surface area (Å²) in [5.74, 6) is 1.01. The summed E-state index contributed by atoms with van der Waals surface area (Å²) < 4.78 is 47.0. The Morgan fingerprint density at radius 1 is 1.18 bits per heavy atom. The highest BCUT2D eigenvalue weighted by Gasteiger charge is 2.29. The highest BCUT2D eigenvalue weighted by atomic mass is 19.4. The van der Waals surface area contributed by atoms with Gasteiger partial charge in [0.15, 0.2) is 12.4 Å². The summed E-state index contributed by atoms with van der Waals surface area (Å²) in [7, 11) is 1.97. The topological polar surface area (TPSA) is 71.7 Å². The van der Waals surface area contributed by atoms with Crippen molar-refractivity contribution in [2.45, 2.75) is 32.7 Å². The van der Waals surface area contributed by atoms with E-state index in [1.807, 2.05) is 20.0 Å². The van der Waals surface area contributed by atoms with Crippen molar-refractivity contribution in [1.29, 1.82) is 0 Å². The monoisotopic (exact) mass is 460 g/mol. The summed E-state index contributed by atoms with van der Waals surface area (Å²) in [5.41, 5.74) is 2.99. The van der Waals surface area contributed by atoms with E-state index < -0.39 is 12.8 Å². The van der Waals surface area contributed by atoms with Crippen molar-refractivity contribution in [3.05, 3.63) is 65.0 Å². The number of benzene rings is 2. The van der Waals surface area contributed by atoms with Crippen LogP contribution in [-0.2, 0) is 19.6 Å². The van der Waals surface area contributed by atoms with Gasteiger partial charge in [0.05, 0.1) is 6.54 Å². The summed E-state index contributed by atoms with van der Waals surface area (Å²) >= 11 is 0. The molecule has 0 N–H and O–H groups in total. The molecule has 0 saturated heterocycles. The van der Waals surface area contributed by atoms with Crippen LogP contribution in [0.3, 0.4) is 0 Å². The molecule has 1 aliphatic heterocycles. The number of hydrogen-bond acceptors (Lipinski definition) is 6. The number of ether oxygens (including phenoxy) is 1. The van der Waals surface area contributed by atoms with E-state index in [-0.39, 0.29) is 11.7 Å². The molecule has 0 bridgehead atoms. The molecular formula is C23H23F3N4O3. The molecule has 2 heterocycles. The Kier molecular flexibility index (Phi) is 6.37. The second-order valence-corrected chi connectivity index (χ2v) is 7.93. The Balaban J connectivity index is 1.41. The lowest BCUT2D eigenvalue weighted by atomic mass is 10.1. The molecule has 10 heteroatoms. The Hall–Kier alpha value is -3.40. The SMILES string of the molecule is CCN(C)Cc1noc(-c2ccc3c(c2)CN(Cc2ccc(OCC(F)(F)F)cc2)C3=O)n1. The number of fused-ring (bicyclic) bond motifs is 1. The van der Waals surface area contributed by atoms with E-state index >= 15 is 0 Å². The van der Waals surface area contributed by atoms with E-state index in [1.54, 1.807) is 29.2 Å². The fourth-order valence-corrected chi connectivity index (χ4v) is 3.51. The predicted molar refractivity (Wildman–Crippen MR) is 113 cm³/mol. The molecule has 3 aromatic rings. The van der Waals surface area contributed by atoms with Crippen molar-refractivity contribution in [3.8, 4) is 17.2 Å². The van der Waals surface area contributed by atoms with E-state index in [0.29, 0.717) is 36.9 Å². The first-order valence-corrected chi connectivity index (χ1v) is 10.4. The van der Waals surface area contributed by atoms with Gasteiger partial charge in [0.1, 0.15) is 5.75 Å². The standard InChI is InChI=1S/C23H23F3N4O3/c1-3-29(2)13-20-27-21(33-28-20)16-6-9-19-17(10-16)12-30(22(19)31)11-15-4-7-18(8-5-15)32-14-23(24,25)26/h4-10H,3,11-14H2,1-2H3. The first kappa shape index (κ1) is 22.8. The molecule has 1 aliphatic rings. The summed E-state index contributed by atoms with van der Waals surface area (Å²) in [6, 6.07) is 11.7. The van der Waals surface area contributed by atoms with Crippen LogP contribution in [0.1, 0.15) is 34.2 Å². The third-order valence-electron chi connectivity index (χ3n) is 5.35. The lowest BCUT2D eigenvalue weighted by Crippen LogP contribution is -2.23. The van der Waals surface area contributed by atoms with Crippen molar-refractivity contribution in [2.75, 3.05) is 20.2 Å². The second-order valence-electron chi connectivity index (χ2n) is 7.93. The van der Waals surface area contributed by atoms with Crippen molar-refractivity contribution in [2.24, 2.45) is 0 Å². The molecule has 2 aromatic carbocycles. The molecule has 0 atom stereocenters. The minimum Gasteiger partial charge on any atom is -0.484 e. The Morgan fingerprint density at radius 3 is 2.64 bits per heavy atom. The van der Waals surface area contributed by atoms with Crippen LogP contribution in [0.15, 0.2) is 47.0 Å². The first-order chi connectivity index (χ1) is 15.7. The van der Waals surface area contributed by atoms with Crippen molar-refractivity contribution < 1.29 is 27.2 Å². The number of nitrogens with zero attached hydrogens (tertiary/aromatic N) is 4. The number of hydrogen-bond donors (Lipinski definition) is 0. The van der Waals surface area contributed by atoms with E-state index in [4.69, 9.17) is 9.26 Å². The molecule has 1 aromatic heterocycles. The zero-order chi connectivity index (χ0) is 23.6. The number of halogens is 3. The van der Waals surface area contributed by atoms with Crippen LogP contribution < -0.4 is 4.74 Å². The van der Waals surface area contributed by atoms with Crippen molar-refractivity contribution in [3.63, 3.8) is 0 Å². The molecule has 4 rings (SSSR count). The molecule has 0 radical (unpaired) electrons. The van der Waals surface area contributed by atoms with Gasteiger partial charge >= 0.3 is 6.18 Å². The molecule has 33 heavy (non-hydrogen) atoms. The molecular weight excluding hydrogens is 437 g/mol. The molecule has 0 saturated carbocycles. The van der Waals surface area contributed by atoms with Gasteiger partial charge in [-0.1, -0.05) is 24.2 Å². The quantitative estimate of drug-likeness (QED) is 0.500. The molecule has 0 spiro atoms. The number of alkyl halides is 3. The van der Waals surface area contributed by atoms with Gasteiger partial charge in [-0.3, -0.25) is 9.69 Å². The van der Waals surface area contributed by atoms with Gasteiger partial charge < -0.3 is 14.2 Å². The summed E-state index contributed by atoms with van der Waals surface area (Å²) in [6.45, 7) is 2.89. The highest BCUT2D eigenvalue weighted by molar-refractivity contribution is 5.98. The third-order valence-corrected chi connectivity index (χ3v) is 5.35. The Bertz CT molecular complexity index is 1130. The van der Waals surface area contributed by atoms with Crippen molar-refractivity contribution >= 4 is 5.91 Å². The smallest absolute Gasteiger partial charge is 0.422 e. The average molecular weight is 460 g/mol. The lowest BCUT2D eigenvalue weighted by molar-refractivity contribution is -0.153. The fraction of sp³-hybridized carbons (Fsp3) is 0.348. The minimum atomic E-state index is -4.39. The van der Waals surface area contributed by atoms with Crippen LogP contribution in [0.4, 0.5) is 13.2 Å². The fourth-order valence-electron chi connectivity index (χ4n) is 3.51. The molecule has 7 nitrogen and oxygen atoms in total. The van der Waals surface area contributed by atoms with Crippen LogP contribution in [0.2, 0.25) is 0 Å². The molecule has 174 valence electrons. The van der Waals surface area contributed by atoms with Gasteiger partial charge in [0, 0.05) is 24.2 Å². The van der Waals surface area contributed by atoms with Crippen LogP contribution in [0, 0.1) is 0 Å². The summed E-state index contributed by atoms with van der Waals surface area (Å²) in [5, 5.41) is 4.02. The maximum atomic E-state index is 12.8.